The van der Waals surface area contributed by atoms with Crippen molar-refractivity contribution in [1.82, 2.24) is 19.7 Å². The van der Waals surface area contributed by atoms with Gasteiger partial charge in [-0.05, 0) is 42.2 Å². The predicted molar refractivity (Wildman–Crippen MR) is 142 cm³/mol. The number of aliphatic hydroxyl groups excluding tert-OH is 2. The molecule has 3 aromatic rings. The maximum absolute atomic E-state index is 14.5. The van der Waals surface area contributed by atoms with E-state index in [0.717, 1.165) is 5.56 Å². The molecule has 0 radical (unpaired) electrons. The third-order valence-electron chi connectivity index (χ3n) is 6.71. The molecule has 0 amide bonds. The number of carboxylic acids is 1. The van der Waals surface area contributed by atoms with Crippen LogP contribution in [0.3, 0.4) is 0 Å². The lowest BCUT2D eigenvalue weighted by atomic mass is 9.87. The number of halogens is 1. The van der Waals surface area contributed by atoms with Crippen LogP contribution in [0, 0.1) is 0 Å². The van der Waals surface area contributed by atoms with Gasteiger partial charge in [-0.3, -0.25) is 9.32 Å². The van der Waals surface area contributed by atoms with Crippen molar-refractivity contribution in [1.29, 1.82) is 0 Å². The molecule has 1 fully saturated rings. The lowest BCUT2D eigenvalue weighted by Gasteiger charge is -2.31. The first-order chi connectivity index (χ1) is 18.7. The second kappa shape index (κ2) is 11.0. The molecule has 0 spiro atoms. The van der Waals surface area contributed by atoms with Crippen LogP contribution in [0.15, 0.2) is 42.7 Å². The van der Waals surface area contributed by atoms with Crippen molar-refractivity contribution in [2.75, 3.05) is 19.0 Å². The van der Waals surface area contributed by atoms with Crippen LogP contribution < -0.4 is 15.3 Å². The third kappa shape index (κ3) is 5.82. The molecule has 15 heteroatoms. The molecule has 1 aromatic carbocycles. The minimum atomic E-state index is -4.50. The molecule has 0 saturated carbocycles. The normalized spacial score (nSPS) is 25.5. The van der Waals surface area contributed by atoms with Crippen molar-refractivity contribution in [3.8, 4) is 5.75 Å². The number of rotatable bonds is 10. The number of nitrogens with two attached hydrogens (primary N) is 1. The van der Waals surface area contributed by atoms with Gasteiger partial charge in [-0.25, -0.2) is 18.5 Å². The number of nitrogen functional groups attached to an aromatic ring is 1. The van der Waals surface area contributed by atoms with Gasteiger partial charge in [-0.1, -0.05) is 32.9 Å². The molecule has 1 saturated heterocycles. The third-order valence-corrected chi connectivity index (χ3v) is 8.33. The molecule has 0 bridgehead atoms. The van der Waals surface area contributed by atoms with Crippen LogP contribution in [-0.4, -0.2) is 73.0 Å². The number of aromatic nitrogens is 3. The topological polar surface area (TPSA) is 191 Å². The van der Waals surface area contributed by atoms with Crippen molar-refractivity contribution in [3.63, 3.8) is 0 Å². The quantitative estimate of drug-likeness (QED) is 0.220. The number of carbonyl (C=O) groups is 1. The van der Waals surface area contributed by atoms with E-state index in [1.54, 1.807) is 30.3 Å². The van der Waals surface area contributed by atoms with Gasteiger partial charge in [0.25, 0.3) is 0 Å². The molecule has 40 heavy (non-hydrogen) atoms. The Labute approximate surface area is 229 Å². The Morgan fingerprint density at radius 3 is 2.55 bits per heavy atom. The van der Waals surface area contributed by atoms with Crippen LogP contribution in [0.25, 0.3) is 5.52 Å². The molecule has 2 unspecified atom stereocenters. The van der Waals surface area contributed by atoms with Crippen LogP contribution in [0.4, 0.5) is 10.2 Å². The number of ether oxygens (including phenoxy) is 1. The Hall–Kier alpha value is -3.13. The van der Waals surface area contributed by atoms with E-state index in [2.05, 4.69) is 15.2 Å². The predicted octanol–water partition coefficient (Wildman–Crippen LogP) is 2.38. The Bertz CT molecular complexity index is 1410. The van der Waals surface area contributed by atoms with Crippen LogP contribution in [0.2, 0.25) is 0 Å². The number of aliphatic carboxylic acids is 1. The zero-order chi connectivity index (χ0) is 29.5. The minimum absolute atomic E-state index is 0.0958. The molecule has 3 heterocycles. The molecule has 0 aliphatic carbocycles. The van der Waals surface area contributed by atoms with Gasteiger partial charge in [0.1, 0.15) is 54.2 Å². The summed E-state index contributed by atoms with van der Waals surface area (Å²) < 4.78 is 46.5. The van der Waals surface area contributed by atoms with E-state index >= 15 is 0 Å². The van der Waals surface area contributed by atoms with Gasteiger partial charge in [-0.2, -0.15) is 10.2 Å². The van der Waals surface area contributed by atoms with Crippen molar-refractivity contribution < 1.29 is 42.9 Å². The van der Waals surface area contributed by atoms with E-state index in [1.807, 2.05) is 20.8 Å². The fourth-order valence-electron chi connectivity index (χ4n) is 4.29. The van der Waals surface area contributed by atoms with Crippen molar-refractivity contribution >= 4 is 25.1 Å². The average Bonchev–Trinajstić information content (AvgIpc) is 3.43. The maximum atomic E-state index is 14.5. The summed E-state index contributed by atoms with van der Waals surface area (Å²) in [5.41, 5.74) is 5.13. The van der Waals surface area contributed by atoms with E-state index in [-0.39, 0.29) is 22.7 Å². The molecule has 1 aliphatic rings. The fourth-order valence-corrected chi connectivity index (χ4v) is 5.85. The van der Waals surface area contributed by atoms with E-state index in [4.69, 9.17) is 19.5 Å². The Morgan fingerprint density at radius 1 is 1.27 bits per heavy atom. The Morgan fingerprint density at radius 2 is 1.95 bits per heavy atom. The highest BCUT2D eigenvalue weighted by Crippen LogP contribution is 2.49. The highest BCUT2D eigenvalue weighted by molar-refractivity contribution is 7.52. The second-order valence-corrected chi connectivity index (χ2v) is 12.4. The fraction of sp³-hybridized carbons (Fsp3) is 0.480. The van der Waals surface area contributed by atoms with Crippen LogP contribution >= 0.6 is 7.75 Å². The lowest BCUT2D eigenvalue weighted by molar-refractivity contribution is -0.138. The van der Waals surface area contributed by atoms with Gasteiger partial charge in [-0.15, -0.1) is 0 Å². The molecule has 1 aliphatic heterocycles. The van der Waals surface area contributed by atoms with Gasteiger partial charge >= 0.3 is 13.7 Å². The molecular weight excluding hydrogens is 548 g/mol. The Balaban J connectivity index is 1.59. The van der Waals surface area contributed by atoms with Crippen LogP contribution in [-0.2, 0) is 24.0 Å². The maximum Gasteiger partial charge on any atom is 0.459 e. The van der Waals surface area contributed by atoms with Gasteiger partial charge in [0.05, 0.1) is 12.3 Å². The van der Waals surface area contributed by atoms with Crippen molar-refractivity contribution in [3.05, 3.63) is 54.0 Å². The monoisotopic (exact) mass is 581 g/mol. The Kier molecular flexibility index (Phi) is 8.23. The first kappa shape index (κ1) is 29.8. The standard InChI is InChI=1S/C25H33FN5O8P/c1-14(23(34)35)30-40(36,39-16-7-5-15(6-8-16)24(2,3)4)37-12-25(11-26)21(33)19(32)20(38-25)17-9-10-18-22(27)28-13-29-31(17)18/h5-10,13-14,19-21,32-33H,11-12H2,1-4H3,(H,30,36)(H,34,35)(H2,27,28,29)/t14?,19-,20-,21-,25+,40?/m0/s1. The molecule has 13 nitrogen and oxygen atoms in total. The highest BCUT2D eigenvalue weighted by atomic mass is 31.2. The number of carboxylic acid groups (broad SMARTS) is 1. The van der Waals surface area contributed by atoms with E-state index in [9.17, 15) is 29.1 Å². The van der Waals surface area contributed by atoms with Crippen molar-refractivity contribution in [2.45, 2.75) is 63.1 Å². The SMILES string of the molecule is CC(NP(=O)(OC[C@@]1(CF)O[C@@H](c2ccc3c(N)ncnn23)[C@H](O)[C@@H]1O)Oc1ccc(C(C)(C)C)cc1)C(=O)O. The summed E-state index contributed by atoms with van der Waals surface area (Å²) >= 11 is 0. The molecule has 218 valence electrons. The number of fused-ring (bicyclic) bond motifs is 1. The number of nitrogens with zero attached hydrogens (tertiary/aromatic N) is 3. The van der Waals surface area contributed by atoms with Crippen molar-refractivity contribution in [2.24, 2.45) is 0 Å². The van der Waals surface area contributed by atoms with E-state index in [1.165, 1.54) is 23.8 Å². The number of hydrogen-bond donors (Lipinski definition) is 5. The molecule has 6 N–H and O–H groups in total. The number of anilines is 1. The van der Waals surface area contributed by atoms with E-state index < -0.39 is 57.0 Å². The summed E-state index contributed by atoms with van der Waals surface area (Å²) in [4.78, 5) is 15.4. The van der Waals surface area contributed by atoms with Gasteiger partial charge in [0, 0.05) is 0 Å². The summed E-state index contributed by atoms with van der Waals surface area (Å²) in [7, 11) is -4.50. The molecule has 4 rings (SSSR count). The number of benzene rings is 1. The average molecular weight is 582 g/mol. The minimum Gasteiger partial charge on any atom is -0.480 e. The first-order valence-corrected chi connectivity index (χ1v) is 14.0. The zero-order valence-corrected chi connectivity index (χ0v) is 23.3. The highest BCUT2D eigenvalue weighted by Gasteiger charge is 2.57. The second-order valence-electron chi connectivity index (χ2n) is 10.7. The first-order valence-electron chi connectivity index (χ1n) is 12.4. The number of aliphatic hydroxyl groups is 2. The summed E-state index contributed by atoms with van der Waals surface area (Å²) in [6.07, 6.45) is -3.55. The number of hydrogen-bond acceptors (Lipinski definition) is 10. The summed E-state index contributed by atoms with van der Waals surface area (Å²) in [5, 5.41) is 37.4. The summed E-state index contributed by atoms with van der Waals surface area (Å²) in [6.45, 7) is 5.04. The smallest absolute Gasteiger partial charge is 0.459 e. The zero-order valence-electron chi connectivity index (χ0n) is 22.4. The number of alkyl halides is 1. The van der Waals surface area contributed by atoms with Gasteiger partial charge < -0.3 is 30.3 Å². The van der Waals surface area contributed by atoms with Gasteiger partial charge in [0.15, 0.2) is 5.82 Å². The molecule has 6 atom stereocenters. The van der Waals surface area contributed by atoms with Crippen LogP contribution in [0.1, 0.15) is 45.1 Å². The van der Waals surface area contributed by atoms with E-state index in [0.29, 0.717) is 5.52 Å². The summed E-state index contributed by atoms with van der Waals surface area (Å²) in [5.74, 6) is -1.09. The summed E-state index contributed by atoms with van der Waals surface area (Å²) in [6, 6.07) is 8.32. The largest absolute Gasteiger partial charge is 0.480 e. The molecule has 2 aromatic heterocycles. The lowest BCUT2D eigenvalue weighted by Crippen LogP contribution is -2.49. The number of nitrogens with one attached hydrogen (secondary N) is 1. The van der Waals surface area contributed by atoms with Gasteiger partial charge in [0.2, 0.25) is 0 Å². The molecular formula is C25H33FN5O8P. The van der Waals surface area contributed by atoms with Crippen LogP contribution in [0.5, 0.6) is 5.75 Å².